The zero-order chi connectivity index (χ0) is 14.0. The van der Waals surface area contributed by atoms with Gasteiger partial charge in [0.15, 0.2) is 0 Å². The average molecular weight is 257 g/mol. The van der Waals surface area contributed by atoms with E-state index in [-0.39, 0.29) is 18.1 Å². The van der Waals surface area contributed by atoms with E-state index in [1.54, 1.807) is 4.90 Å². The Morgan fingerprint density at radius 1 is 1.44 bits per heavy atom. The van der Waals surface area contributed by atoms with Crippen LogP contribution in [0.15, 0.2) is 0 Å². The summed E-state index contributed by atoms with van der Waals surface area (Å²) in [6.07, 6.45) is 1.64. The van der Waals surface area contributed by atoms with Gasteiger partial charge in [0.2, 0.25) is 0 Å². The first-order valence-electron chi connectivity index (χ1n) is 6.79. The summed E-state index contributed by atoms with van der Waals surface area (Å²) in [4.78, 5) is 13.8. The van der Waals surface area contributed by atoms with E-state index < -0.39 is 5.60 Å². The van der Waals surface area contributed by atoms with Gasteiger partial charge >= 0.3 is 6.09 Å². The van der Waals surface area contributed by atoms with Crippen LogP contribution >= 0.6 is 0 Å². The third-order valence-electron chi connectivity index (χ3n) is 3.80. The zero-order valence-corrected chi connectivity index (χ0v) is 12.3. The first-order chi connectivity index (χ1) is 8.20. The van der Waals surface area contributed by atoms with E-state index in [1.807, 2.05) is 20.8 Å². The van der Waals surface area contributed by atoms with Crippen molar-refractivity contribution >= 4 is 6.09 Å². The molecule has 1 fully saturated rings. The molecule has 0 aromatic heterocycles. The minimum atomic E-state index is -0.464. The molecule has 0 aliphatic carbocycles. The summed E-state index contributed by atoms with van der Waals surface area (Å²) in [5.41, 5.74) is -0.636. The van der Waals surface area contributed by atoms with Gasteiger partial charge < -0.3 is 14.7 Å². The van der Waals surface area contributed by atoms with E-state index >= 15 is 0 Å². The van der Waals surface area contributed by atoms with Crippen molar-refractivity contribution in [3.63, 3.8) is 0 Å². The van der Waals surface area contributed by atoms with Crippen LogP contribution < -0.4 is 0 Å². The lowest BCUT2D eigenvalue weighted by Gasteiger charge is -2.44. The van der Waals surface area contributed by atoms with Gasteiger partial charge in [-0.25, -0.2) is 4.79 Å². The number of rotatable bonds is 2. The summed E-state index contributed by atoms with van der Waals surface area (Å²) in [5.74, 6) is 0.354. The molecule has 0 aromatic rings. The summed E-state index contributed by atoms with van der Waals surface area (Å²) in [6.45, 7) is 11.3. The van der Waals surface area contributed by atoms with Gasteiger partial charge in [0.05, 0.1) is 6.61 Å². The Morgan fingerprint density at radius 2 is 2.06 bits per heavy atom. The molecule has 18 heavy (non-hydrogen) atoms. The molecule has 0 aromatic carbocycles. The van der Waals surface area contributed by atoms with Crippen molar-refractivity contribution in [1.29, 1.82) is 0 Å². The molecule has 1 rings (SSSR count). The normalized spacial score (nSPS) is 25.4. The van der Waals surface area contributed by atoms with E-state index in [4.69, 9.17) is 4.74 Å². The second kappa shape index (κ2) is 5.47. The number of amides is 1. The molecule has 4 heteroatoms. The Morgan fingerprint density at radius 3 is 2.50 bits per heavy atom. The Hall–Kier alpha value is -0.770. The largest absolute Gasteiger partial charge is 0.444 e. The predicted octanol–water partition coefficient (Wildman–Crippen LogP) is 2.65. The summed E-state index contributed by atoms with van der Waals surface area (Å²) in [5, 5.41) is 9.67. The maximum Gasteiger partial charge on any atom is 0.410 e. The van der Waals surface area contributed by atoms with E-state index in [9.17, 15) is 9.90 Å². The van der Waals surface area contributed by atoms with E-state index in [2.05, 4.69) is 13.8 Å². The minimum absolute atomic E-state index is 0.129. The first-order valence-corrected chi connectivity index (χ1v) is 6.79. The molecule has 106 valence electrons. The van der Waals surface area contributed by atoms with Crippen molar-refractivity contribution in [3.8, 4) is 0 Å². The van der Waals surface area contributed by atoms with Gasteiger partial charge in [0.25, 0.3) is 0 Å². The van der Waals surface area contributed by atoms with Crippen LogP contribution in [0.3, 0.4) is 0 Å². The van der Waals surface area contributed by atoms with Crippen LogP contribution in [0.25, 0.3) is 0 Å². The second-order valence-electron chi connectivity index (χ2n) is 6.68. The number of nitrogens with zero attached hydrogens (tertiary/aromatic N) is 1. The lowest BCUT2D eigenvalue weighted by molar-refractivity contribution is -0.0246. The van der Waals surface area contributed by atoms with Crippen LogP contribution in [0.5, 0.6) is 0 Å². The first kappa shape index (κ1) is 15.3. The topological polar surface area (TPSA) is 49.8 Å². The molecule has 0 radical (unpaired) electrons. The van der Waals surface area contributed by atoms with Gasteiger partial charge in [-0.05, 0) is 39.5 Å². The van der Waals surface area contributed by atoms with Gasteiger partial charge in [-0.2, -0.15) is 0 Å². The Kier molecular flexibility index (Phi) is 4.65. The van der Waals surface area contributed by atoms with Crippen molar-refractivity contribution in [1.82, 2.24) is 4.90 Å². The summed E-state index contributed by atoms with van der Waals surface area (Å²) in [7, 11) is 0. The predicted molar refractivity (Wildman–Crippen MR) is 71.4 cm³/mol. The monoisotopic (exact) mass is 257 g/mol. The van der Waals surface area contributed by atoms with Gasteiger partial charge in [0, 0.05) is 18.5 Å². The highest BCUT2D eigenvalue weighted by molar-refractivity contribution is 5.68. The van der Waals surface area contributed by atoms with Crippen molar-refractivity contribution in [2.24, 2.45) is 11.3 Å². The number of carbonyl (C=O) groups excluding carboxylic acids is 1. The standard InChI is InChI=1S/C14H27NO3/c1-11(2)14(10-16)7-6-8-15(9-14)12(17)18-13(3,4)5/h11,16H,6-10H2,1-5H3. The molecule has 0 bridgehead atoms. The molecule has 1 heterocycles. The summed E-state index contributed by atoms with van der Waals surface area (Å²) in [6, 6.07) is 0. The maximum absolute atomic E-state index is 12.1. The van der Waals surface area contributed by atoms with Gasteiger partial charge in [-0.3, -0.25) is 0 Å². The smallest absolute Gasteiger partial charge is 0.410 e. The molecule has 4 nitrogen and oxygen atoms in total. The van der Waals surface area contributed by atoms with Gasteiger partial charge in [-0.1, -0.05) is 13.8 Å². The molecular formula is C14H27NO3. The Labute approximate surface area is 110 Å². The summed E-state index contributed by atoms with van der Waals surface area (Å²) < 4.78 is 5.40. The quantitative estimate of drug-likeness (QED) is 0.827. The number of aliphatic hydroxyl groups excluding tert-OH is 1. The third kappa shape index (κ3) is 3.61. The molecule has 0 spiro atoms. The molecule has 0 saturated carbocycles. The fourth-order valence-corrected chi connectivity index (χ4v) is 2.43. The van der Waals surface area contributed by atoms with E-state index in [0.29, 0.717) is 12.5 Å². The van der Waals surface area contributed by atoms with Crippen LogP contribution in [0, 0.1) is 11.3 Å². The number of likely N-dealkylation sites (tertiary alicyclic amines) is 1. The van der Waals surface area contributed by atoms with Crippen molar-refractivity contribution in [2.45, 2.75) is 53.1 Å². The lowest BCUT2D eigenvalue weighted by Crippen LogP contribution is -2.51. The van der Waals surface area contributed by atoms with Crippen LogP contribution in [-0.4, -0.2) is 41.4 Å². The van der Waals surface area contributed by atoms with Crippen LogP contribution in [0.2, 0.25) is 0 Å². The zero-order valence-electron chi connectivity index (χ0n) is 12.3. The number of piperidine rings is 1. The average Bonchev–Trinajstić information content (AvgIpc) is 2.26. The number of ether oxygens (including phenoxy) is 1. The number of hydrogen-bond acceptors (Lipinski definition) is 3. The minimum Gasteiger partial charge on any atom is -0.444 e. The molecule has 1 amide bonds. The SMILES string of the molecule is CC(C)C1(CO)CCCN(C(=O)OC(C)(C)C)C1. The highest BCUT2D eigenvalue weighted by Gasteiger charge is 2.40. The Balaban J connectivity index is 2.72. The summed E-state index contributed by atoms with van der Waals surface area (Å²) >= 11 is 0. The number of hydrogen-bond donors (Lipinski definition) is 1. The van der Waals surface area contributed by atoms with Crippen LogP contribution in [0.4, 0.5) is 4.79 Å². The highest BCUT2D eigenvalue weighted by atomic mass is 16.6. The number of carbonyl (C=O) groups is 1. The van der Waals surface area contributed by atoms with Gasteiger partial charge in [-0.15, -0.1) is 0 Å². The Bertz CT molecular complexity index is 296. The molecule has 1 atom stereocenters. The molecule has 1 aliphatic heterocycles. The maximum atomic E-state index is 12.1. The van der Waals surface area contributed by atoms with Crippen LogP contribution in [-0.2, 0) is 4.74 Å². The third-order valence-corrected chi connectivity index (χ3v) is 3.80. The lowest BCUT2D eigenvalue weighted by atomic mass is 9.72. The fourth-order valence-electron chi connectivity index (χ4n) is 2.43. The highest BCUT2D eigenvalue weighted by Crippen LogP contribution is 2.37. The van der Waals surface area contributed by atoms with E-state index in [0.717, 1.165) is 19.4 Å². The molecule has 1 unspecified atom stereocenters. The van der Waals surface area contributed by atoms with Crippen molar-refractivity contribution in [2.75, 3.05) is 19.7 Å². The van der Waals surface area contributed by atoms with Crippen molar-refractivity contribution < 1.29 is 14.6 Å². The van der Waals surface area contributed by atoms with E-state index in [1.165, 1.54) is 0 Å². The van der Waals surface area contributed by atoms with Gasteiger partial charge in [0.1, 0.15) is 5.60 Å². The van der Waals surface area contributed by atoms with Crippen molar-refractivity contribution in [3.05, 3.63) is 0 Å². The second-order valence-corrected chi connectivity index (χ2v) is 6.68. The molecular weight excluding hydrogens is 230 g/mol. The number of aliphatic hydroxyl groups is 1. The molecule has 1 saturated heterocycles. The van der Waals surface area contributed by atoms with Crippen LogP contribution in [0.1, 0.15) is 47.5 Å². The molecule has 1 N–H and O–H groups in total. The molecule has 1 aliphatic rings. The fraction of sp³-hybridized carbons (Fsp3) is 0.929.